The normalized spacial score (nSPS) is 30.4. The van der Waals surface area contributed by atoms with Crippen LogP contribution in [-0.4, -0.2) is 32.5 Å². The van der Waals surface area contributed by atoms with E-state index in [-0.39, 0.29) is 16.7 Å². The molecule has 4 heteroatoms. The van der Waals surface area contributed by atoms with Gasteiger partial charge in [0.25, 0.3) is 0 Å². The zero-order valence-corrected chi connectivity index (χ0v) is 13.3. The lowest BCUT2D eigenvalue weighted by atomic mass is 9.71. The molecule has 0 saturated heterocycles. The molecule has 3 atom stereocenters. The first-order valence-corrected chi connectivity index (χ1v) is 9.04. The second-order valence-corrected chi connectivity index (χ2v) is 9.07. The Balaban J connectivity index is 2.80. The van der Waals surface area contributed by atoms with E-state index in [4.69, 9.17) is 0 Å². The van der Waals surface area contributed by atoms with E-state index >= 15 is 0 Å². The van der Waals surface area contributed by atoms with Crippen molar-refractivity contribution in [1.82, 2.24) is 5.32 Å². The number of hydrogen-bond acceptors (Lipinski definition) is 3. The average molecular weight is 275 g/mol. The Morgan fingerprint density at radius 1 is 1.22 bits per heavy atom. The fourth-order valence-electron chi connectivity index (χ4n) is 2.95. The first-order valence-electron chi connectivity index (χ1n) is 7.08. The Morgan fingerprint density at radius 3 is 2.28 bits per heavy atom. The lowest BCUT2D eigenvalue weighted by molar-refractivity contribution is 0.162. The van der Waals surface area contributed by atoms with Crippen LogP contribution >= 0.6 is 0 Å². The maximum atomic E-state index is 12.0. The summed E-state index contributed by atoms with van der Waals surface area (Å²) in [7, 11) is -2.96. The molecule has 3 unspecified atom stereocenters. The van der Waals surface area contributed by atoms with Crippen molar-refractivity contribution in [3.05, 3.63) is 0 Å². The lowest BCUT2D eigenvalue weighted by Gasteiger charge is -2.41. The third-order valence-electron chi connectivity index (χ3n) is 4.22. The first-order chi connectivity index (χ1) is 8.16. The SMILES string of the molecule is CCCNC1CCC(C(C)(C)C)CC1S(C)(=O)=O. The molecule has 3 nitrogen and oxygen atoms in total. The van der Waals surface area contributed by atoms with E-state index in [1.54, 1.807) is 0 Å². The largest absolute Gasteiger partial charge is 0.313 e. The maximum absolute atomic E-state index is 12.0. The summed E-state index contributed by atoms with van der Waals surface area (Å²) in [5.74, 6) is 0.511. The quantitative estimate of drug-likeness (QED) is 0.858. The predicted octanol–water partition coefficient (Wildman–Crippen LogP) is 2.61. The number of nitrogens with one attached hydrogen (secondary N) is 1. The van der Waals surface area contributed by atoms with E-state index in [0.29, 0.717) is 5.92 Å². The van der Waals surface area contributed by atoms with Crippen molar-refractivity contribution in [3.8, 4) is 0 Å². The van der Waals surface area contributed by atoms with Gasteiger partial charge in [0.2, 0.25) is 0 Å². The van der Waals surface area contributed by atoms with Crippen LogP contribution < -0.4 is 5.32 Å². The zero-order chi connectivity index (χ0) is 14.0. The summed E-state index contributed by atoms with van der Waals surface area (Å²) in [4.78, 5) is 0. The molecule has 108 valence electrons. The molecule has 0 aromatic heterocycles. The molecule has 0 aliphatic heterocycles. The summed E-state index contributed by atoms with van der Waals surface area (Å²) in [6.07, 6.45) is 5.37. The molecule has 1 fully saturated rings. The van der Waals surface area contributed by atoms with E-state index in [1.807, 2.05) is 0 Å². The highest BCUT2D eigenvalue weighted by Crippen LogP contribution is 2.39. The van der Waals surface area contributed by atoms with Gasteiger partial charge in [0.05, 0.1) is 5.25 Å². The van der Waals surface area contributed by atoms with Crippen LogP contribution in [0.3, 0.4) is 0 Å². The lowest BCUT2D eigenvalue weighted by Crippen LogP contribution is -2.49. The van der Waals surface area contributed by atoms with Crippen LogP contribution in [0.15, 0.2) is 0 Å². The van der Waals surface area contributed by atoms with Crippen LogP contribution in [-0.2, 0) is 9.84 Å². The molecule has 0 bridgehead atoms. The van der Waals surface area contributed by atoms with Crippen molar-refractivity contribution in [2.24, 2.45) is 11.3 Å². The van der Waals surface area contributed by atoms with E-state index in [2.05, 4.69) is 33.0 Å². The minimum atomic E-state index is -2.96. The van der Waals surface area contributed by atoms with Gasteiger partial charge in [-0.15, -0.1) is 0 Å². The number of hydrogen-bond donors (Lipinski definition) is 1. The maximum Gasteiger partial charge on any atom is 0.151 e. The van der Waals surface area contributed by atoms with Gasteiger partial charge in [0.15, 0.2) is 9.84 Å². The Hall–Kier alpha value is -0.0900. The summed E-state index contributed by atoms with van der Waals surface area (Å²) < 4.78 is 24.0. The van der Waals surface area contributed by atoms with Crippen LogP contribution in [0.2, 0.25) is 0 Å². The first kappa shape index (κ1) is 16.0. The highest BCUT2D eigenvalue weighted by Gasteiger charge is 2.40. The second-order valence-electron chi connectivity index (χ2n) is 6.80. The summed E-state index contributed by atoms with van der Waals surface area (Å²) in [5, 5.41) is 3.21. The minimum Gasteiger partial charge on any atom is -0.313 e. The van der Waals surface area contributed by atoms with Gasteiger partial charge in [-0.2, -0.15) is 0 Å². The Labute approximate surface area is 113 Å². The molecule has 1 aliphatic rings. The molecular formula is C14H29NO2S. The van der Waals surface area contributed by atoms with Gasteiger partial charge in [-0.3, -0.25) is 0 Å². The number of rotatable bonds is 4. The highest BCUT2D eigenvalue weighted by molar-refractivity contribution is 7.91. The average Bonchev–Trinajstić information content (AvgIpc) is 2.23. The van der Waals surface area contributed by atoms with Gasteiger partial charge < -0.3 is 5.32 Å². The van der Waals surface area contributed by atoms with E-state index in [9.17, 15) is 8.42 Å². The zero-order valence-electron chi connectivity index (χ0n) is 12.5. The molecule has 0 radical (unpaired) electrons. The van der Waals surface area contributed by atoms with Crippen molar-refractivity contribution < 1.29 is 8.42 Å². The monoisotopic (exact) mass is 275 g/mol. The molecule has 0 spiro atoms. The standard InChI is InChI=1S/C14H29NO2S/c1-6-9-15-12-8-7-11(14(2,3)4)10-13(12)18(5,16)17/h11-13,15H,6-10H2,1-5H3. The van der Waals surface area contributed by atoms with E-state index in [1.165, 1.54) is 6.26 Å². The van der Waals surface area contributed by atoms with Crippen LogP contribution in [0.5, 0.6) is 0 Å². The Morgan fingerprint density at radius 2 is 1.83 bits per heavy atom. The summed E-state index contributed by atoms with van der Waals surface area (Å²) in [6, 6.07) is 0.151. The van der Waals surface area contributed by atoms with Crippen molar-refractivity contribution >= 4 is 9.84 Å². The molecule has 0 aromatic carbocycles. The fraction of sp³-hybridized carbons (Fsp3) is 1.00. The molecule has 0 heterocycles. The third kappa shape index (κ3) is 4.23. The minimum absolute atomic E-state index is 0.151. The van der Waals surface area contributed by atoms with E-state index < -0.39 is 9.84 Å². The van der Waals surface area contributed by atoms with Crippen molar-refractivity contribution in [2.75, 3.05) is 12.8 Å². The van der Waals surface area contributed by atoms with Gasteiger partial charge in [-0.25, -0.2) is 8.42 Å². The van der Waals surface area contributed by atoms with Crippen molar-refractivity contribution in [3.63, 3.8) is 0 Å². The molecule has 0 aromatic rings. The smallest absolute Gasteiger partial charge is 0.151 e. The molecule has 18 heavy (non-hydrogen) atoms. The molecule has 1 N–H and O–H groups in total. The van der Waals surface area contributed by atoms with Gasteiger partial charge in [0, 0.05) is 12.3 Å². The van der Waals surface area contributed by atoms with Crippen LogP contribution in [0.25, 0.3) is 0 Å². The van der Waals surface area contributed by atoms with Crippen molar-refractivity contribution in [1.29, 1.82) is 0 Å². The van der Waals surface area contributed by atoms with Crippen LogP contribution in [0.1, 0.15) is 53.4 Å². The highest BCUT2D eigenvalue weighted by atomic mass is 32.2. The second kappa shape index (κ2) is 5.91. The predicted molar refractivity (Wildman–Crippen MR) is 77.5 cm³/mol. The summed E-state index contributed by atoms with van der Waals surface area (Å²) >= 11 is 0. The molecule has 1 rings (SSSR count). The topological polar surface area (TPSA) is 46.2 Å². The van der Waals surface area contributed by atoms with Gasteiger partial charge >= 0.3 is 0 Å². The third-order valence-corrected chi connectivity index (χ3v) is 5.84. The van der Waals surface area contributed by atoms with Gasteiger partial charge in [-0.1, -0.05) is 27.7 Å². The Kier molecular flexibility index (Phi) is 5.24. The van der Waals surface area contributed by atoms with Crippen molar-refractivity contribution in [2.45, 2.75) is 64.7 Å². The molecular weight excluding hydrogens is 246 g/mol. The van der Waals surface area contributed by atoms with E-state index in [0.717, 1.165) is 32.2 Å². The van der Waals surface area contributed by atoms with Gasteiger partial charge in [-0.05, 0) is 43.6 Å². The van der Waals surface area contributed by atoms with Gasteiger partial charge in [0.1, 0.15) is 0 Å². The Bertz CT molecular complexity index is 356. The molecule has 1 aliphatic carbocycles. The number of sulfone groups is 1. The fourth-order valence-corrected chi connectivity index (χ4v) is 4.36. The summed E-state index contributed by atoms with van der Waals surface area (Å²) in [6.45, 7) is 9.69. The molecule has 1 saturated carbocycles. The molecule has 0 amide bonds. The summed E-state index contributed by atoms with van der Waals surface area (Å²) in [5.41, 5.74) is 0.207. The van der Waals surface area contributed by atoms with Crippen LogP contribution in [0, 0.1) is 11.3 Å². The van der Waals surface area contributed by atoms with Crippen LogP contribution in [0.4, 0.5) is 0 Å².